The van der Waals surface area contributed by atoms with Crippen molar-refractivity contribution in [2.75, 3.05) is 5.32 Å². The molecule has 1 fully saturated rings. The van der Waals surface area contributed by atoms with Crippen molar-refractivity contribution in [2.24, 2.45) is 0 Å². The SMILES string of the molecule is O=C(Nc1ccc(F)c([N+](=O)[O-])c1)NC1CCC1. The third-order valence-corrected chi connectivity index (χ3v) is 2.84. The summed E-state index contributed by atoms with van der Waals surface area (Å²) in [6, 6.07) is 2.97. The van der Waals surface area contributed by atoms with Gasteiger partial charge in [-0.05, 0) is 31.4 Å². The number of hydrogen-bond acceptors (Lipinski definition) is 3. The first-order chi connectivity index (χ1) is 8.56. The Bertz CT molecular complexity index is 488. The average Bonchev–Trinajstić information content (AvgIpc) is 2.26. The molecular weight excluding hydrogens is 241 g/mol. The number of nitrogens with one attached hydrogen (secondary N) is 2. The Balaban J connectivity index is 2.02. The van der Waals surface area contributed by atoms with Gasteiger partial charge >= 0.3 is 11.7 Å². The second kappa shape index (κ2) is 4.99. The highest BCUT2D eigenvalue weighted by Gasteiger charge is 2.20. The second-order valence-electron chi connectivity index (χ2n) is 4.15. The third kappa shape index (κ3) is 2.73. The minimum absolute atomic E-state index is 0.167. The minimum atomic E-state index is -0.926. The van der Waals surface area contributed by atoms with E-state index in [9.17, 15) is 19.3 Å². The molecule has 96 valence electrons. The van der Waals surface area contributed by atoms with Gasteiger partial charge in [0.05, 0.1) is 4.92 Å². The Hall–Kier alpha value is -2.18. The van der Waals surface area contributed by atoms with Gasteiger partial charge in [-0.1, -0.05) is 0 Å². The van der Waals surface area contributed by atoms with Gasteiger partial charge in [0.25, 0.3) is 0 Å². The van der Waals surface area contributed by atoms with E-state index in [1.807, 2.05) is 0 Å². The van der Waals surface area contributed by atoms with Crippen LogP contribution in [0.5, 0.6) is 0 Å². The van der Waals surface area contributed by atoms with Crippen molar-refractivity contribution in [1.82, 2.24) is 5.32 Å². The van der Waals surface area contributed by atoms with Crippen molar-refractivity contribution < 1.29 is 14.1 Å². The fraction of sp³-hybridized carbons (Fsp3) is 0.364. The van der Waals surface area contributed by atoms with Crippen LogP contribution in [0.4, 0.5) is 20.6 Å². The predicted molar refractivity (Wildman–Crippen MR) is 62.8 cm³/mol. The zero-order valence-corrected chi connectivity index (χ0v) is 9.48. The number of nitrogens with zero attached hydrogens (tertiary/aromatic N) is 1. The van der Waals surface area contributed by atoms with Crippen LogP contribution in [-0.4, -0.2) is 17.0 Å². The standard InChI is InChI=1S/C11H12FN3O3/c12-9-5-4-8(6-10(9)15(17)18)14-11(16)13-7-2-1-3-7/h4-7H,1-3H2,(H2,13,14,16). The summed E-state index contributed by atoms with van der Waals surface area (Å²) in [5.41, 5.74) is -0.462. The van der Waals surface area contributed by atoms with Crippen LogP contribution in [0.2, 0.25) is 0 Å². The van der Waals surface area contributed by atoms with Gasteiger partial charge in [-0.15, -0.1) is 0 Å². The number of hydrogen-bond donors (Lipinski definition) is 2. The van der Waals surface area contributed by atoms with Gasteiger partial charge in [-0.25, -0.2) is 4.79 Å². The molecule has 0 heterocycles. The highest BCUT2D eigenvalue weighted by Crippen LogP contribution is 2.22. The molecule has 0 saturated heterocycles. The van der Waals surface area contributed by atoms with Crippen LogP contribution in [0.3, 0.4) is 0 Å². The Morgan fingerprint density at radius 1 is 1.44 bits per heavy atom. The quantitative estimate of drug-likeness (QED) is 0.640. The molecular formula is C11H12FN3O3. The molecule has 0 aliphatic heterocycles. The van der Waals surface area contributed by atoms with Gasteiger partial charge in [-0.2, -0.15) is 4.39 Å². The maximum absolute atomic E-state index is 13.1. The van der Waals surface area contributed by atoms with E-state index in [1.165, 1.54) is 6.07 Å². The molecule has 7 heteroatoms. The molecule has 1 aromatic carbocycles. The molecule has 18 heavy (non-hydrogen) atoms. The molecule has 0 bridgehead atoms. The molecule has 1 aliphatic rings. The fourth-order valence-electron chi connectivity index (χ4n) is 1.64. The largest absolute Gasteiger partial charge is 0.335 e. The zero-order valence-electron chi connectivity index (χ0n) is 9.48. The number of halogens is 1. The molecule has 1 aliphatic carbocycles. The molecule has 0 aromatic heterocycles. The summed E-state index contributed by atoms with van der Waals surface area (Å²) in [5.74, 6) is -0.926. The Morgan fingerprint density at radius 3 is 2.72 bits per heavy atom. The van der Waals surface area contributed by atoms with Crippen molar-refractivity contribution in [3.63, 3.8) is 0 Å². The second-order valence-corrected chi connectivity index (χ2v) is 4.15. The van der Waals surface area contributed by atoms with E-state index in [4.69, 9.17) is 0 Å². The van der Waals surface area contributed by atoms with Crippen molar-refractivity contribution in [3.8, 4) is 0 Å². The van der Waals surface area contributed by atoms with Gasteiger partial charge in [-0.3, -0.25) is 10.1 Å². The van der Waals surface area contributed by atoms with E-state index in [0.717, 1.165) is 31.4 Å². The molecule has 0 unspecified atom stereocenters. The molecule has 1 aromatic rings. The van der Waals surface area contributed by atoms with E-state index in [-0.39, 0.29) is 11.7 Å². The molecule has 6 nitrogen and oxygen atoms in total. The lowest BCUT2D eigenvalue weighted by atomic mass is 9.93. The lowest BCUT2D eigenvalue weighted by Gasteiger charge is -2.26. The van der Waals surface area contributed by atoms with E-state index in [1.54, 1.807) is 0 Å². The summed E-state index contributed by atoms with van der Waals surface area (Å²) in [5, 5.41) is 15.7. The van der Waals surface area contributed by atoms with Crippen LogP contribution in [-0.2, 0) is 0 Å². The number of anilines is 1. The lowest BCUT2D eigenvalue weighted by Crippen LogP contribution is -2.41. The topological polar surface area (TPSA) is 84.3 Å². The number of urea groups is 1. The molecule has 0 spiro atoms. The summed E-state index contributed by atoms with van der Waals surface area (Å²) < 4.78 is 13.1. The minimum Gasteiger partial charge on any atom is -0.335 e. The number of nitro benzene ring substituents is 1. The van der Waals surface area contributed by atoms with E-state index < -0.39 is 22.5 Å². The van der Waals surface area contributed by atoms with Crippen molar-refractivity contribution >= 4 is 17.4 Å². The monoisotopic (exact) mass is 253 g/mol. The smallest absolute Gasteiger partial charge is 0.319 e. The molecule has 2 rings (SSSR count). The maximum Gasteiger partial charge on any atom is 0.319 e. The average molecular weight is 253 g/mol. The van der Waals surface area contributed by atoms with E-state index >= 15 is 0 Å². The van der Waals surface area contributed by atoms with Crippen LogP contribution in [0.15, 0.2) is 18.2 Å². The van der Waals surface area contributed by atoms with Crippen molar-refractivity contribution in [1.29, 1.82) is 0 Å². The number of carbonyl (C=O) groups excluding carboxylic acids is 1. The highest BCUT2D eigenvalue weighted by atomic mass is 19.1. The molecule has 0 radical (unpaired) electrons. The van der Waals surface area contributed by atoms with Crippen LogP contribution in [0, 0.1) is 15.9 Å². The summed E-state index contributed by atoms with van der Waals surface area (Å²) in [7, 11) is 0. The molecule has 2 N–H and O–H groups in total. The van der Waals surface area contributed by atoms with E-state index in [2.05, 4.69) is 10.6 Å². The van der Waals surface area contributed by atoms with Gasteiger partial charge in [0.2, 0.25) is 5.82 Å². The molecule has 1 saturated carbocycles. The fourth-order valence-corrected chi connectivity index (χ4v) is 1.64. The van der Waals surface area contributed by atoms with Crippen LogP contribution >= 0.6 is 0 Å². The summed E-state index contributed by atoms with van der Waals surface area (Å²) in [6.07, 6.45) is 2.97. The van der Waals surface area contributed by atoms with Crippen molar-refractivity contribution in [3.05, 3.63) is 34.1 Å². The molecule has 0 atom stereocenters. The predicted octanol–water partition coefficient (Wildman–Crippen LogP) is 2.41. The Morgan fingerprint density at radius 2 is 2.17 bits per heavy atom. The summed E-state index contributed by atoms with van der Waals surface area (Å²) in [6.45, 7) is 0. The van der Waals surface area contributed by atoms with Crippen LogP contribution in [0.25, 0.3) is 0 Å². The first kappa shape index (κ1) is 12.3. The van der Waals surface area contributed by atoms with Crippen LogP contribution in [0.1, 0.15) is 19.3 Å². The lowest BCUT2D eigenvalue weighted by molar-refractivity contribution is -0.387. The van der Waals surface area contributed by atoms with Gasteiger partial charge < -0.3 is 10.6 Å². The van der Waals surface area contributed by atoms with Crippen LogP contribution < -0.4 is 10.6 Å². The van der Waals surface area contributed by atoms with E-state index in [0.29, 0.717) is 0 Å². The third-order valence-electron chi connectivity index (χ3n) is 2.84. The Kier molecular flexibility index (Phi) is 3.40. The van der Waals surface area contributed by atoms with Gasteiger partial charge in [0.1, 0.15) is 0 Å². The number of nitro groups is 1. The maximum atomic E-state index is 13.1. The summed E-state index contributed by atoms with van der Waals surface area (Å²) in [4.78, 5) is 21.2. The number of amides is 2. The highest BCUT2D eigenvalue weighted by molar-refractivity contribution is 5.89. The summed E-state index contributed by atoms with van der Waals surface area (Å²) >= 11 is 0. The number of benzene rings is 1. The first-order valence-corrected chi connectivity index (χ1v) is 5.58. The van der Waals surface area contributed by atoms with Gasteiger partial charge in [0.15, 0.2) is 0 Å². The zero-order chi connectivity index (χ0) is 13.1. The Labute approximate surface area is 102 Å². The van der Waals surface area contributed by atoms with Crippen molar-refractivity contribution in [2.45, 2.75) is 25.3 Å². The van der Waals surface area contributed by atoms with Gasteiger partial charge in [0, 0.05) is 17.8 Å². The number of rotatable bonds is 3. The normalized spacial score (nSPS) is 14.7. The number of carbonyl (C=O) groups is 1. The first-order valence-electron chi connectivity index (χ1n) is 5.58. The molecule has 2 amide bonds.